The van der Waals surface area contributed by atoms with Crippen LogP contribution in [0.5, 0.6) is 0 Å². The standard InChI is InChI=1S/C9H7N3OS/c10-8(13)9-12-7(5-14-9)6-2-1-3-11-4-6/h1-5H,(H2,10,13). The predicted octanol–water partition coefficient (Wildman–Crippen LogP) is 1.30. The monoisotopic (exact) mass is 205 g/mol. The number of carbonyl (C=O) groups is 1. The highest BCUT2D eigenvalue weighted by Crippen LogP contribution is 2.20. The lowest BCUT2D eigenvalue weighted by atomic mass is 10.2. The van der Waals surface area contributed by atoms with Gasteiger partial charge in [0.15, 0.2) is 5.01 Å². The molecule has 2 aromatic rings. The maximum absolute atomic E-state index is 10.8. The van der Waals surface area contributed by atoms with E-state index in [2.05, 4.69) is 9.97 Å². The van der Waals surface area contributed by atoms with E-state index < -0.39 is 5.91 Å². The summed E-state index contributed by atoms with van der Waals surface area (Å²) in [5.74, 6) is -0.495. The zero-order valence-electron chi connectivity index (χ0n) is 7.18. The van der Waals surface area contributed by atoms with E-state index >= 15 is 0 Å². The van der Waals surface area contributed by atoms with Crippen molar-refractivity contribution >= 4 is 17.2 Å². The van der Waals surface area contributed by atoms with Gasteiger partial charge >= 0.3 is 0 Å². The number of hydrogen-bond acceptors (Lipinski definition) is 4. The SMILES string of the molecule is NC(=O)c1nc(-c2cccnc2)cs1. The molecule has 5 heteroatoms. The number of carbonyl (C=O) groups excluding carboxylic acids is 1. The molecule has 0 aliphatic rings. The number of amides is 1. The largest absolute Gasteiger partial charge is 0.364 e. The highest BCUT2D eigenvalue weighted by atomic mass is 32.1. The van der Waals surface area contributed by atoms with Gasteiger partial charge in [0.25, 0.3) is 5.91 Å². The summed E-state index contributed by atoms with van der Waals surface area (Å²) in [7, 11) is 0. The van der Waals surface area contributed by atoms with E-state index in [0.717, 1.165) is 11.3 Å². The Hall–Kier alpha value is -1.75. The highest BCUT2D eigenvalue weighted by Gasteiger charge is 2.07. The van der Waals surface area contributed by atoms with Gasteiger partial charge in [-0.1, -0.05) is 0 Å². The fourth-order valence-corrected chi connectivity index (χ4v) is 1.71. The van der Waals surface area contributed by atoms with Crippen LogP contribution in [0.2, 0.25) is 0 Å². The molecule has 0 aliphatic heterocycles. The molecule has 0 spiro atoms. The van der Waals surface area contributed by atoms with Crippen molar-refractivity contribution in [1.82, 2.24) is 9.97 Å². The van der Waals surface area contributed by atoms with Crippen LogP contribution in [0.3, 0.4) is 0 Å². The summed E-state index contributed by atoms with van der Waals surface area (Å²) >= 11 is 1.24. The smallest absolute Gasteiger partial charge is 0.277 e. The molecule has 0 bridgehead atoms. The van der Waals surface area contributed by atoms with Crippen molar-refractivity contribution in [2.24, 2.45) is 5.73 Å². The van der Waals surface area contributed by atoms with E-state index in [-0.39, 0.29) is 0 Å². The number of pyridine rings is 1. The molecule has 2 rings (SSSR count). The molecular formula is C9H7N3OS. The third-order valence-corrected chi connectivity index (χ3v) is 2.53. The molecule has 4 nitrogen and oxygen atoms in total. The van der Waals surface area contributed by atoms with Gasteiger partial charge in [-0.05, 0) is 12.1 Å². The number of rotatable bonds is 2. The summed E-state index contributed by atoms with van der Waals surface area (Å²) in [5, 5.41) is 2.11. The van der Waals surface area contributed by atoms with Crippen molar-refractivity contribution in [1.29, 1.82) is 0 Å². The molecule has 0 atom stereocenters. The Balaban J connectivity index is 2.39. The van der Waals surface area contributed by atoms with Gasteiger partial charge in [0, 0.05) is 23.3 Å². The van der Waals surface area contributed by atoms with Crippen LogP contribution < -0.4 is 5.73 Å². The van der Waals surface area contributed by atoms with Crippen LogP contribution in [0.1, 0.15) is 9.80 Å². The second kappa shape index (κ2) is 3.55. The fraction of sp³-hybridized carbons (Fsp3) is 0. The van der Waals surface area contributed by atoms with Crippen molar-refractivity contribution in [3.8, 4) is 11.3 Å². The van der Waals surface area contributed by atoms with Gasteiger partial charge in [-0.3, -0.25) is 9.78 Å². The molecule has 2 aromatic heterocycles. The molecule has 1 amide bonds. The van der Waals surface area contributed by atoms with Gasteiger partial charge in [0.05, 0.1) is 5.69 Å². The summed E-state index contributed by atoms with van der Waals surface area (Å²) < 4.78 is 0. The van der Waals surface area contributed by atoms with Crippen molar-refractivity contribution in [3.05, 3.63) is 34.9 Å². The number of hydrogen-bond donors (Lipinski definition) is 1. The first-order valence-corrected chi connectivity index (χ1v) is 4.81. The molecule has 0 aliphatic carbocycles. The first-order chi connectivity index (χ1) is 6.77. The van der Waals surface area contributed by atoms with Crippen molar-refractivity contribution in [3.63, 3.8) is 0 Å². The molecule has 2 N–H and O–H groups in total. The second-order valence-corrected chi connectivity index (χ2v) is 3.50. The van der Waals surface area contributed by atoms with Gasteiger partial charge in [0.1, 0.15) is 0 Å². The molecule has 14 heavy (non-hydrogen) atoms. The van der Waals surface area contributed by atoms with E-state index in [1.807, 2.05) is 12.1 Å². The Morgan fingerprint density at radius 1 is 1.50 bits per heavy atom. The first kappa shape index (κ1) is 8.83. The van der Waals surface area contributed by atoms with Crippen LogP contribution in [0.15, 0.2) is 29.9 Å². The van der Waals surface area contributed by atoms with Gasteiger partial charge in [-0.25, -0.2) is 4.98 Å². The van der Waals surface area contributed by atoms with Gasteiger partial charge in [-0.2, -0.15) is 0 Å². The van der Waals surface area contributed by atoms with E-state index in [1.54, 1.807) is 17.8 Å². The van der Waals surface area contributed by atoms with Gasteiger partial charge < -0.3 is 5.73 Å². The lowest BCUT2D eigenvalue weighted by Gasteiger charge is -1.92. The molecule has 2 heterocycles. The van der Waals surface area contributed by atoms with E-state index in [4.69, 9.17) is 5.73 Å². The van der Waals surface area contributed by atoms with Crippen LogP contribution in [0, 0.1) is 0 Å². The number of primary amides is 1. The summed E-state index contributed by atoms with van der Waals surface area (Å²) in [5.41, 5.74) is 6.72. The Bertz CT molecular complexity index is 452. The third kappa shape index (κ3) is 1.62. The van der Waals surface area contributed by atoms with Gasteiger partial charge in [-0.15, -0.1) is 11.3 Å². The third-order valence-electron chi connectivity index (χ3n) is 1.67. The molecule has 0 radical (unpaired) electrons. The number of thiazole rings is 1. The van der Waals surface area contributed by atoms with E-state index in [9.17, 15) is 4.79 Å². The Labute approximate surface area is 84.4 Å². The molecular weight excluding hydrogens is 198 g/mol. The maximum atomic E-state index is 10.8. The van der Waals surface area contributed by atoms with Crippen molar-refractivity contribution in [2.45, 2.75) is 0 Å². The Morgan fingerprint density at radius 3 is 2.93 bits per heavy atom. The Kier molecular flexibility index (Phi) is 2.24. The molecule has 0 saturated heterocycles. The summed E-state index contributed by atoms with van der Waals surface area (Å²) in [6.45, 7) is 0. The summed E-state index contributed by atoms with van der Waals surface area (Å²) in [6, 6.07) is 3.70. The Morgan fingerprint density at radius 2 is 2.36 bits per heavy atom. The lowest BCUT2D eigenvalue weighted by Crippen LogP contribution is -2.10. The van der Waals surface area contributed by atoms with Crippen LogP contribution in [-0.4, -0.2) is 15.9 Å². The maximum Gasteiger partial charge on any atom is 0.277 e. The molecule has 0 saturated carbocycles. The summed E-state index contributed by atoms with van der Waals surface area (Å²) in [6.07, 6.45) is 3.38. The quantitative estimate of drug-likeness (QED) is 0.803. The molecule has 0 aromatic carbocycles. The van der Waals surface area contributed by atoms with Gasteiger partial charge in [0.2, 0.25) is 0 Å². The van der Waals surface area contributed by atoms with Crippen LogP contribution in [-0.2, 0) is 0 Å². The van der Waals surface area contributed by atoms with Crippen molar-refractivity contribution < 1.29 is 4.79 Å². The minimum Gasteiger partial charge on any atom is -0.364 e. The highest BCUT2D eigenvalue weighted by molar-refractivity contribution is 7.12. The molecule has 70 valence electrons. The molecule has 0 fully saturated rings. The van der Waals surface area contributed by atoms with Crippen LogP contribution in [0.25, 0.3) is 11.3 Å². The van der Waals surface area contributed by atoms with Crippen LogP contribution in [0.4, 0.5) is 0 Å². The minimum atomic E-state index is -0.495. The topological polar surface area (TPSA) is 68.9 Å². The molecule has 0 unspecified atom stereocenters. The zero-order chi connectivity index (χ0) is 9.97. The average molecular weight is 205 g/mol. The summed E-state index contributed by atoms with van der Waals surface area (Å²) in [4.78, 5) is 18.8. The number of nitrogens with zero attached hydrogens (tertiary/aromatic N) is 2. The lowest BCUT2D eigenvalue weighted by molar-refractivity contribution is 0.1000. The number of aromatic nitrogens is 2. The zero-order valence-corrected chi connectivity index (χ0v) is 7.99. The number of nitrogens with two attached hydrogens (primary N) is 1. The van der Waals surface area contributed by atoms with E-state index in [1.165, 1.54) is 11.3 Å². The predicted molar refractivity (Wildman–Crippen MR) is 53.9 cm³/mol. The normalized spacial score (nSPS) is 10.0. The minimum absolute atomic E-state index is 0.323. The van der Waals surface area contributed by atoms with Crippen molar-refractivity contribution in [2.75, 3.05) is 0 Å². The second-order valence-electron chi connectivity index (χ2n) is 2.64. The van der Waals surface area contributed by atoms with Crippen LogP contribution >= 0.6 is 11.3 Å². The average Bonchev–Trinajstić information content (AvgIpc) is 2.68. The van der Waals surface area contributed by atoms with E-state index in [0.29, 0.717) is 5.01 Å². The fourth-order valence-electron chi connectivity index (χ4n) is 1.03. The first-order valence-electron chi connectivity index (χ1n) is 3.93.